The van der Waals surface area contributed by atoms with Gasteiger partial charge in [0.15, 0.2) is 11.6 Å². The lowest BCUT2D eigenvalue weighted by Crippen LogP contribution is -2.17. The summed E-state index contributed by atoms with van der Waals surface area (Å²) in [4.78, 5) is 19.7. The van der Waals surface area contributed by atoms with Gasteiger partial charge in [0.2, 0.25) is 15.9 Å². The van der Waals surface area contributed by atoms with E-state index in [4.69, 9.17) is 10.9 Å². The molecule has 35 heavy (non-hydrogen) atoms. The molecule has 4 aromatic rings. The molecule has 0 fully saturated rings. The van der Waals surface area contributed by atoms with Gasteiger partial charge in [0.1, 0.15) is 0 Å². The van der Waals surface area contributed by atoms with Crippen LogP contribution in [-0.2, 0) is 31.3 Å². The third-order valence-corrected chi connectivity index (χ3v) is 7.10. The van der Waals surface area contributed by atoms with Crippen LogP contribution >= 0.6 is 0 Å². The third-order valence-electron chi connectivity index (χ3n) is 4.84. The largest absolute Gasteiger partial charge is 0.369 e. The van der Waals surface area contributed by atoms with E-state index in [0.717, 1.165) is 0 Å². The number of sulfonamides is 2. The Morgan fingerprint density at radius 3 is 2.03 bits per heavy atom. The van der Waals surface area contributed by atoms with Gasteiger partial charge >= 0.3 is 0 Å². The number of nitrogens with zero attached hydrogens (tertiary/aromatic N) is 2. The van der Waals surface area contributed by atoms with E-state index in [9.17, 15) is 21.6 Å². The fourth-order valence-electron chi connectivity index (χ4n) is 3.22. The maximum atomic E-state index is 13.1. The number of amides is 1. The summed E-state index contributed by atoms with van der Waals surface area (Å²) in [5.41, 5.74) is 6.97. The molecule has 0 spiro atoms. The number of fused-ring (bicyclic) bond motifs is 1. The molecule has 4 rings (SSSR count). The Hall–Kier alpha value is -4.07. The fourth-order valence-corrected chi connectivity index (χ4v) is 4.79. The van der Waals surface area contributed by atoms with E-state index < -0.39 is 26.0 Å². The number of nitrogens with one attached hydrogen (secondary N) is 2. The number of primary sulfonamides is 1. The van der Waals surface area contributed by atoms with E-state index in [0.29, 0.717) is 22.3 Å². The van der Waals surface area contributed by atoms with Gasteiger partial charge in [-0.25, -0.2) is 31.9 Å². The Balaban J connectivity index is 1.73. The molecule has 3 aromatic carbocycles. The zero-order valence-electron chi connectivity index (χ0n) is 18.0. The van der Waals surface area contributed by atoms with Gasteiger partial charge in [0.25, 0.3) is 10.0 Å². The van der Waals surface area contributed by atoms with Gasteiger partial charge in [-0.1, -0.05) is 30.3 Å². The Bertz CT molecular complexity index is 1640. The van der Waals surface area contributed by atoms with Crippen LogP contribution in [0.2, 0.25) is 0 Å². The van der Waals surface area contributed by atoms with Crippen molar-refractivity contribution in [2.24, 2.45) is 10.9 Å². The fraction of sp³-hybridized carbons (Fsp3) is 0.0455. The van der Waals surface area contributed by atoms with Crippen LogP contribution in [0.3, 0.4) is 0 Å². The summed E-state index contributed by atoms with van der Waals surface area (Å²) < 4.78 is 52.0. The first kappa shape index (κ1) is 24.1. The SMILES string of the molecule is NC(=O)Cc1ccc(S(=O)(=O)Nc2nc3ccccc3nc2Nc2cccc(S(N)(=O)=O)c2)cc1. The van der Waals surface area contributed by atoms with Crippen molar-refractivity contribution in [2.45, 2.75) is 16.2 Å². The highest BCUT2D eigenvalue weighted by Gasteiger charge is 2.20. The van der Waals surface area contributed by atoms with E-state index in [2.05, 4.69) is 20.0 Å². The van der Waals surface area contributed by atoms with E-state index >= 15 is 0 Å². The molecule has 1 amide bonds. The number of anilines is 3. The van der Waals surface area contributed by atoms with Crippen molar-refractivity contribution in [2.75, 3.05) is 10.0 Å². The first-order chi connectivity index (χ1) is 16.5. The minimum Gasteiger partial charge on any atom is -0.369 e. The molecule has 0 saturated heterocycles. The van der Waals surface area contributed by atoms with E-state index in [1.807, 2.05) is 0 Å². The number of hydrogen-bond donors (Lipinski definition) is 4. The van der Waals surface area contributed by atoms with Crippen molar-refractivity contribution in [1.82, 2.24) is 9.97 Å². The van der Waals surface area contributed by atoms with Gasteiger partial charge < -0.3 is 11.1 Å². The monoisotopic (exact) mass is 512 g/mol. The highest BCUT2D eigenvalue weighted by atomic mass is 32.2. The van der Waals surface area contributed by atoms with Gasteiger partial charge in [0.05, 0.1) is 27.2 Å². The highest BCUT2D eigenvalue weighted by molar-refractivity contribution is 7.92. The van der Waals surface area contributed by atoms with Crippen LogP contribution < -0.4 is 20.9 Å². The van der Waals surface area contributed by atoms with E-state index in [1.54, 1.807) is 30.3 Å². The second-order valence-corrected chi connectivity index (χ2v) is 10.7. The quantitative estimate of drug-likeness (QED) is 0.275. The van der Waals surface area contributed by atoms with Crippen LogP contribution in [0.4, 0.5) is 17.3 Å². The second kappa shape index (κ2) is 9.29. The molecule has 0 radical (unpaired) electrons. The van der Waals surface area contributed by atoms with E-state index in [-0.39, 0.29) is 27.8 Å². The number of para-hydroxylation sites is 2. The topological polar surface area (TPSA) is 187 Å². The summed E-state index contributed by atoms with van der Waals surface area (Å²) in [6.07, 6.45) is -0.0183. The predicted molar refractivity (Wildman–Crippen MR) is 131 cm³/mol. The molecule has 1 heterocycles. The van der Waals surface area contributed by atoms with Crippen molar-refractivity contribution in [3.05, 3.63) is 78.4 Å². The summed E-state index contributed by atoms with van der Waals surface area (Å²) in [5.74, 6) is -0.595. The Labute approximate surface area is 201 Å². The predicted octanol–water partition coefficient (Wildman–Crippen LogP) is 1.85. The summed E-state index contributed by atoms with van der Waals surface area (Å²) in [7, 11) is -8.05. The van der Waals surface area contributed by atoms with Crippen molar-refractivity contribution >= 4 is 54.3 Å². The summed E-state index contributed by atoms with van der Waals surface area (Å²) in [5, 5.41) is 8.12. The molecule has 0 aliphatic heterocycles. The van der Waals surface area contributed by atoms with Crippen LogP contribution in [0, 0.1) is 0 Å². The highest BCUT2D eigenvalue weighted by Crippen LogP contribution is 2.28. The molecule has 180 valence electrons. The molecule has 0 aliphatic rings. The lowest BCUT2D eigenvalue weighted by atomic mass is 10.1. The normalized spacial score (nSPS) is 11.8. The zero-order valence-corrected chi connectivity index (χ0v) is 19.7. The lowest BCUT2D eigenvalue weighted by molar-refractivity contribution is -0.117. The van der Waals surface area contributed by atoms with Crippen LogP contribution in [0.15, 0.2) is 82.6 Å². The van der Waals surface area contributed by atoms with Crippen molar-refractivity contribution in [1.29, 1.82) is 0 Å². The number of carbonyl (C=O) groups is 1. The number of nitrogens with two attached hydrogens (primary N) is 2. The first-order valence-corrected chi connectivity index (χ1v) is 13.1. The van der Waals surface area contributed by atoms with Crippen LogP contribution in [-0.4, -0.2) is 32.7 Å². The standard InChI is InChI=1S/C22H20N6O5S2/c23-20(29)12-14-8-10-16(11-9-14)35(32,33)28-22-21(26-18-6-1-2-7-19(18)27-22)25-15-4-3-5-17(13-15)34(24,30)31/h1-11,13H,12H2,(H2,23,29)(H,25,26)(H,27,28)(H2,24,30,31). The van der Waals surface area contributed by atoms with Crippen molar-refractivity contribution in [3.63, 3.8) is 0 Å². The number of aromatic nitrogens is 2. The molecule has 11 nitrogen and oxygen atoms in total. The molecule has 1 aromatic heterocycles. The maximum absolute atomic E-state index is 13.1. The average Bonchev–Trinajstić information content (AvgIpc) is 2.79. The lowest BCUT2D eigenvalue weighted by Gasteiger charge is -2.14. The molecule has 0 saturated carbocycles. The number of hydrogen-bond acceptors (Lipinski definition) is 8. The third kappa shape index (κ3) is 5.71. The van der Waals surface area contributed by atoms with Gasteiger partial charge in [0, 0.05) is 5.69 Å². The Morgan fingerprint density at radius 1 is 0.800 bits per heavy atom. The summed E-state index contributed by atoms with van der Waals surface area (Å²) in [6, 6.07) is 18.2. The van der Waals surface area contributed by atoms with Crippen LogP contribution in [0.25, 0.3) is 11.0 Å². The molecular weight excluding hydrogens is 492 g/mol. The second-order valence-electron chi connectivity index (χ2n) is 7.50. The molecule has 13 heteroatoms. The minimum atomic E-state index is -4.10. The molecule has 0 atom stereocenters. The summed E-state index contributed by atoms with van der Waals surface area (Å²) >= 11 is 0. The first-order valence-electron chi connectivity index (χ1n) is 10.1. The molecule has 0 unspecified atom stereocenters. The van der Waals surface area contributed by atoms with Gasteiger partial charge in [-0.15, -0.1) is 0 Å². The Kier molecular flexibility index (Phi) is 6.39. The summed E-state index contributed by atoms with van der Waals surface area (Å²) in [6.45, 7) is 0. The molecule has 6 N–H and O–H groups in total. The Morgan fingerprint density at radius 2 is 1.43 bits per heavy atom. The molecular formula is C22H20N6O5S2. The maximum Gasteiger partial charge on any atom is 0.263 e. The number of carbonyl (C=O) groups excluding carboxylic acids is 1. The molecule has 0 aliphatic carbocycles. The smallest absolute Gasteiger partial charge is 0.263 e. The van der Waals surface area contributed by atoms with Crippen LogP contribution in [0.5, 0.6) is 0 Å². The van der Waals surface area contributed by atoms with E-state index in [1.165, 1.54) is 42.5 Å². The minimum absolute atomic E-state index is 0.0183. The average molecular weight is 513 g/mol. The van der Waals surface area contributed by atoms with Crippen molar-refractivity contribution in [3.8, 4) is 0 Å². The zero-order chi connectivity index (χ0) is 25.2. The van der Waals surface area contributed by atoms with Gasteiger partial charge in [-0.3, -0.25) is 9.52 Å². The number of rotatable bonds is 8. The van der Waals surface area contributed by atoms with Gasteiger partial charge in [-0.05, 0) is 48.0 Å². The number of primary amides is 1. The van der Waals surface area contributed by atoms with Gasteiger partial charge in [-0.2, -0.15) is 0 Å². The number of benzene rings is 3. The van der Waals surface area contributed by atoms with Crippen molar-refractivity contribution < 1.29 is 21.6 Å². The molecule has 0 bridgehead atoms. The van der Waals surface area contributed by atoms with Crippen LogP contribution in [0.1, 0.15) is 5.56 Å².